The molecule has 26 heavy (non-hydrogen) atoms. The van der Waals surface area contributed by atoms with E-state index in [-0.39, 0.29) is 0 Å². The zero-order valence-electron chi connectivity index (χ0n) is 16.5. The number of carbonyl (C=O) groups is 1. The molecule has 0 aromatic heterocycles. The fraction of sp³-hybridized carbons (Fsp3) is 0.947. The molecule has 3 N–H and O–H groups in total. The van der Waals surface area contributed by atoms with Crippen LogP contribution in [0.3, 0.4) is 0 Å². The molecule has 0 aromatic carbocycles. The molecule has 1 rings (SSSR count). The van der Waals surface area contributed by atoms with E-state index in [1.807, 2.05) is 0 Å². The van der Waals surface area contributed by atoms with Gasteiger partial charge in [-0.25, -0.2) is 0 Å². The van der Waals surface area contributed by atoms with Crippen molar-refractivity contribution in [3.8, 4) is 0 Å². The molecule has 0 amide bonds. The Morgan fingerprint density at radius 1 is 1.04 bits per heavy atom. The molecular weight excluding hydrogens is 340 g/mol. The average molecular weight is 376 g/mol. The SMILES string of the molecule is CCCCCCCCO[C@@H]1O[C@H](CO)[C@@H](OC(=O)C(C)(C)C)[C@H](O)[C@H]1O. The van der Waals surface area contributed by atoms with Crippen molar-refractivity contribution in [2.24, 2.45) is 5.41 Å². The number of rotatable bonds is 10. The van der Waals surface area contributed by atoms with Gasteiger partial charge in [0, 0.05) is 6.61 Å². The predicted octanol–water partition coefficient (Wildman–Crippen LogP) is 1.76. The van der Waals surface area contributed by atoms with Crippen molar-refractivity contribution in [1.82, 2.24) is 0 Å². The summed E-state index contributed by atoms with van der Waals surface area (Å²) in [6, 6.07) is 0. The van der Waals surface area contributed by atoms with Crippen molar-refractivity contribution < 1.29 is 34.3 Å². The summed E-state index contributed by atoms with van der Waals surface area (Å²) in [4.78, 5) is 12.1. The molecule has 5 atom stereocenters. The van der Waals surface area contributed by atoms with Gasteiger partial charge in [0.05, 0.1) is 12.0 Å². The van der Waals surface area contributed by atoms with Gasteiger partial charge in [0.1, 0.15) is 18.3 Å². The molecule has 0 aromatic rings. The molecule has 1 heterocycles. The number of carbonyl (C=O) groups excluding carboxylic acids is 1. The highest BCUT2D eigenvalue weighted by molar-refractivity contribution is 5.75. The average Bonchev–Trinajstić information content (AvgIpc) is 2.58. The molecule has 1 fully saturated rings. The second-order valence-electron chi connectivity index (χ2n) is 7.97. The molecule has 0 aliphatic carbocycles. The Labute approximate surface area is 156 Å². The van der Waals surface area contributed by atoms with E-state index in [1.54, 1.807) is 20.8 Å². The summed E-state index contributed by atoms with van der Waals surface area (Å²) in [5, 5.41) is 30.1. The van der Waals surface area contributed by atoms with Gasteiger partial charge in [-0.1, -0.05) is 39.0 Å². The molecule has 7 heteroatoms. The highest BCUT2D eigenvalue weighted by Crippen LogP contribution is 2.27. The van der Waals surface area contributed by atoms with Crippen molar-refractivity contribution in [2.75, 3.05) is 13.2 Å². The van der Waals surface area contributed by atoms with Crippen LogP contribution in [-0.2, 0) is 19.0 Å². The summed E-state index contributed by atoms with van der Waals surface area (Å²) in [5.74, 6) is -0.540. The molecule has 0 unspecified atom stereocenters. The number of hydrogen-bond acceptors (Lipinski definition) is 7. The molecule has 1 saturated heterocycles. The summed E-state index contributed by atoms with van der Waals surface area (Å²) >= 11 is 0. The number of unbranched alkanes of at least 4 members (excludes halogenated alkanes) is 5. The van der Waals surface area contributed by atoms with Gasteiger partial charge in [-0.3, -0.25) is 4.79 Å². The molecule has 7 nitrogen and oxygen atoms in total. The molecule has 0 spiro atoms. The van der Waals surface area contributed by atoms with E-state index in [9.17, 15) is 20.1 Å². The fourth-order valence-electron chi connectivity index (χ4n) is 2.72. The van der Waals surface area contributed by atoms with E-state index < -0.39 is 48.7 Å². The Morgan fingerprint density at radius 2 is 1.65 bits per heavy atom. The third kappa shape index (κ3) is 7.12. The third-order valence-electron chi connectivity index (χ3n) is 4.46. The van der Waals surface area contributed by atoms with Crippen LogP contribution in [-0.4, -0.2) is 65.2 Å². The van der Waals surface area contributed by atoms with Gasteiger partial charge in [0.2, 0.25) is 0 Å². The molecule has 154 valence electrons. The van der Waals surface area contributed by atoms with Crippen LogP contribution in [0, 0.1) is 5.41 Å². The molecule has 0 bridgehead atoms. The Balaban J connectivity index is 2.50. The van der Waals surface area contributed by atoms with Gasteiger partial charge < -0.3 is 29.5 Å². The van der Waals surface area contributed by atoms with Gasteiger partial charge in [0.15, 0.2) is 12.4 Å². The van der Waals surface area contributed by atoms with Crippen molar-refractivity contribution in [3.63, 3.8) is 0 Å². The van der Waals surface area contributed by atoms with E-state index in [4.69, 9.17) is 14.2 Å². The fourth-order valence-corrected chi connectivity index (χ4v) is 2.72. The van der Waals surface area contributed by atoms with Gasteiger partial charge in [-0.15, -0.1) is 0 Å². The first-order valence-electron chi connectivity index (χ1n) is 9.67. The largest absolute Gasteiger partial charge is 0.456 e. The maximum Gasteiger partial charge on any atom is 0.311 e. The maximum absolute atomic E-state index is 12.1. The Morgan fingerprint density at radius 3 is 2.23 bits per heavy atom. The lowest BCUT2D eigenvalue weighted by Crippen LogP contribution is -2.60. The minimum atomic E-state index is -1.39. The van der Waals surface area contributed by atoms with Gasteiger partial charge >= 0.3 is 5.97 Å². The van der Waals surface area contributed by atoms with E-state index >= 15 is 0 Å². The number of aliphatic hydroxyl groups is 3. The number of esters is 1. The minimum Gasteiger partial charge on any atom is -0.456 e. The van der Waals surface area contributed by atoms with E-state index in [1.165, 1.54) is 19.3 Å². The summed E-state index contributed by atoms with van der Waals surface area (Å²) in [5.41, 5.74) is -0.768. The maximum atomic E-state index is 12.1. The first-order chi connectivity index (χ1) is 12.2. The quantitative estimate of drug-likeness (QED) is 0.394. The lowest BCUT2D eigenvalue weighted by Gasteiger charge is -2.42. The van der Waals surface area contributed by atoms with Crippen molar-refractivity contribution >= 4 is 5.97 Å². The Hall–Kier alpha value is -0.730. The second-order valence-corrected chi connectivity index (χ2v) is 7.97. The number of hydrogen-bond donors (Lipinski definition) is 3. The lowest BCUT2D eigenvalue weighted by molar-refractivity contribution is -0.304. The van der Waals surface area contributed by atoms with Gasteiger partial charge in [-0.05, 0) is 27.2 Å². The minimum absolute atomic E-state index is 0.394. The summed E-state index contributed by atoms with van der Waals surface area (Å²) in [7, 11) is 0. The van der Waals surface area contributed by atoms with Crippen LogP contribution in [0.25, 0.3) is 0 Å². The smallest absolute Gasteiger partial charge is 0.311 e. The zero-order chi connectivity index (χ0) is 19.7. The van der Waals surface area contributed by atoms with Gasteiger partial charge in [-0.2, -0.15) is 0 Å². The number of aliphatic hydroxyl groups excluding tert-OH is 3. The second kappa shape index (κ2) is 11.2. The number of ether oxygens (including phenoxy) is 3. The van der Waals surface area contributed by atoms with Crippen LogP contribution < -0.4 is 0 Å². The van der Waals surface area contributed by atoms with Crippen molar-refractivity contribution in [2.45, 2.75) is 96.9 Å². The van der Waals surface area contributed by atoms with Crippen molar-refractivity contribution in [1.29, 1.82) is 0 Å². The standard InChI is InChI=1S/C19H36O7/c1-5-6-7-8-9-10-11-24-17-15(22)14(21)16(13(12-20)25-17)26-18(23)19(2,3)4/h13-17,20-22H,5-12H2,1-4H3/t13-,14-,15-,16-,17-/m1/s1. The van der Waals surface area contributed by atoms with Crippen molar-refractivity contribution in [3.05, 3.63) is 0 Å². The Bertz CT molecular complexity index is 405. The van der Waals surface area contributed by atoms with Crippen LogP contribution in [0.5, 0.6) is 0 Å². The first-order valence-corrected chi connectivity index (χ1v) is 9.67. The Kier molecular flexibility index (Phi) is 10.0. The molecule has 1 aliphatic rings. The monoisotopic (exact) mass is 376 g/mol. The summed E-state index contributed by atoms with van der Waals surface area (Å²) in [6.45, 7) is 7.15. The highest BCUT2D eigenvalue weighted by atomic mass is 16.7. The molecule has 1 aliphatic heterocycles. The van der Waals surface area contributed by atoms with Crippen LogP contribution in [0.4, 0.5) is 0 Å². The molecule has 0 saturated carbocycles. The van der Waals surface area contributed by atoms with Gasteiger partial charge in [0.25, 0.3) is 0 Å². The van der Waals surface area contributed by atoms with Crippen LogP contribution in [0.15, 0.2) is 0 Å². The van der Waals surface area contributed by atoms with Crippen LogP contribution >= 0.6 is 0 Å². The van der Waals surface area contributed by atoms with Crippen LogP contribution in [0.2, 0.25) is 0 Å². The zero-order valence-corrected chi connectivity index (χ0v) is 16.5. The van der Waals surface area contributed by atoms with E-state index in [2.05, 4.69) is 6.92 Å². The van der Waals surface area contributed by atoms with Crippen LogP contribution in [0.1, 0.15) is 66.2 Å². The van der Waals surface area contributed by atoms with E-state index in [0.29, 0.717) is 6.61 Å². The lowest BCUT2D eigenvalue weighted by atomic mass is 9.95. The summed E-state index contributed by atoms with van der Waals surface area (Å²) < 4.78 is 16.4. The molecule has 0 radical (unpaired) electrons. The third-order valence-corrected chi connectivity index (χ3v) is 4.46. The highest BCUT2D eigenvalue weighted by Gasteiger charge is 2.47. The van der Waals surface area contributed by atoms with E-state index in [0.717, 1.165) is 19.3 Å². The first kappa shape index (κ1) is 23.3. The summed E-state index contributed by atoms with van der Waals surface area (Å²) in [6.07, 6.45) is 0.733. The topological polar surface area (TPSA) is 105 Å². The molecular formula is C19H36O7. The predicted molar refractivity (Wildman–Crippen MR) is 96.4 cm³/mol. The normalized spacial score (nSPS) is 29.6.